The Labute approximate surface area is 181 Å². The molecule has 2 atom stereocenters. The summed E-state index contributed by atoms with van der Waals surface area (Å²) in [5.74, 6) is 0. The molecule has 1 saturated heterocycles. The van der Waals surface area contributed by atoms with E-state index in [1.165, 1.54) is 5.56 Å². The number of hydrogen-bond donors (Lipinski definition) is 1. The van der Waals surface area contributed by atoms with E-state index in [0.717, 1.165) is 22.8 Å². The Morgan fingerprint density at radius 2 is 1.67 bits per heavy atom. The number of nitrogens with zero attached hydrogens (tertiary/aromatic N) is 3. The van der Waals surface area contributed by atoms with Gasteiger partial charge in [-0.15, -0.1) is 0 Å². The number of pyridine rings is 1. The van der Waals surface area contributed by atoms with Crippen molar-refractivity contribution in [2.75, 3.05) is 4.90 Å². The first kappa shape index (κ1) is 18.6. The van der Waals surface area contributed by atoms with Crippen LogP contribution >= 0.6 is 12.2 Å². The molecular formula is C25H22N4S. The molecule has 0 saturated carbocycles. The van der Waals surface area contributed by atoms with E-state index in [-0.39, 0.29) is 12.1 Å². The summed E-state index contributed by atoms with van der Waals surface area (Å²) < 4.78 is 2.24. The fourth-order valence-electron chi connectivity index (χ4n) is 4.17. The van der Waals surface area contributed by atoms with Crippen molar-refractivity contribution in [3.63, 3.8) is 0 Å². The maximum absolute atomic E-state index is 5.83. The molecule has 1 aliphatic heterocycles. The van der Waals surface area contributed by atoms with Gasteiger partial charge in [0.05, 0.1) is 11.7 Å². The van der Waals surface area contributed by atoms with Gasteiger partial charge < -0.3 is 14.8 Å². The normalized spacial score (nSPS) is 18.4. The van der Waals surface area contributed by atoms with E-state index in [1.807, 2.05) is 24.4 Å². The summed E-state index contributed by atoms with van der Waals surface area (Å²) >= 11 is 5.83. The van der Waals surface area contributed by atoms with Crippen molar-refractivity contribution in [1.29, 1.82) is 0 Å². The number of anilines is 1. The highest BCUT2D eigenvalue weighted by Gasteiger charge is 2.42. The second kappa shape index (κ2) is 7.76. The van der Waals surface area contributed by atoms with E-state index >= 15 is 0 Å². The Morgan fingerprint density at radius 3 is 2.43 bits per heavy atom. The molecule has 5 heteroatoms. The predicted molar refractivity (Wildman–Crippen MR) is 125 cm³/mol. The van der Waals surface area contributed by atoms with Crippen molar-refractivity contribution < 1.29 is 0 Å². The number of thiocarbonyl (C=S) groups is 1. The van der Waals surface area contributed by atoms with E-state index in [9.17, 15) is 0 Å². The molecule has 2 aromatic carbocycles. The molecule has 4 nitrogen and oxygen atoms in total. The topological polar surface area (TPSA) is 33.1 Å². The number of benzene rings is 2. The first-order valence-corrected chi connectivity index (χ1v) is 10.4. The molecule has 2 aromatic heterocycles. The third kappa shape index (κ3) is 3.27. The van der Waals surface area contributed by atoms with Crippen LogP contribution in [0.4, 0.5) is 5.69 Å². The van der Waals surface area contributed by atoms with Gasteiger partial charge in [-0.3, -0.25) is 4.98 Å². The van der Waals surface area contributed by atoms with Crippen LogP contribution < -0.4 is 10.2 Å². The number of aryl methyl sites for hydroxylation is 1. The van der Waals surface area contributed by atoms with Gasteiger partial charge in [0.15, 0.2) is 5.11 Å². The molecular weight excluding hydrogens is 388 g/mol. The highest BCUT2D eigenvalue weighted by Crippen LogP contribution is 2.42. The number of hydrogen-bond acceptors (Lipinski definition) is 2. The quantitative estimate of drug-likeness (QED) is 0.459. The Bertz CT molecular complexity index is 1170. The number of aromatic nitrogens is 2. The van der Waals surface area contributed by atoms with E-state index in [1.54, 1.807) is 0 Å². The molecule has 0 radical (unpaired) electrons. The third-order valence-electron chi connectivity index (χ3n) is 5.50. The number of rotatable bonds is 4. The zero-order valence-corrected chi connectivity index (χ0v) is 17.5. The molecule has 0 spiro atoms. The highest BCUT2D eigenvalue weighted by atomic mass is 32.1. The molecule has 1 aliphatic rings. The Balaban J connectivity index is 1.68. The Morgan fingerprint density at radius 1 is 0.867 bits per heavy atom. The summed E-state index contributed by atoms with van der Waals surface area (Å²) in [6, 6.07) is 29.1. The molecule has 4 aromatic rings. The molecule has 1 N–H and O–H groups in total. The minimum atomic E-state index is -0.0587. The first-order chi connectivity index (χ1) is 14.7. The minimum absolute atomic E-state index is 0.0376. The highest BCUT2D eigenvalue weighted by molar-refractivity contribution is 7.80. The summed E-state index contributed by atoms with van der Waals surface area (Å²) in [5.41, 5.74) is 5.54. The van der Waals surface area contributed by atoms with Crippen LogP contribution in [0.3, 0.4) is 0 Å². The lowest BCUT2D eigenvalue weighted by atomic mass is 10.0. The summed E-state index contributed by atoms with van der Waals surface area (Å²) in [6.45, 7) is 2.11. The zero-order chi connectivity index (χ0) is 20.5. The van der Waals surface area contributed by atoms with Crippen molar-refractivity contribution in [1.82, 2.24) is 14.9 Å². The van der Waals surface area contributed by atoms with Gasteiger partial charge in [-0.1, -0.05) is 36.4 Å². The fraction of sp³-hybridized carbons (Fsp3) is 0.120. The molecule has 30 heavy (non-hydrogen) atoms. The van der Waals surface area contributed by atoms with Crippen molar-refractivity contribution >= 4 is 23.0 Å². The summed E-state index contributed by atoms with van der Waals surface area (Å²) in [5, 5.41) is 4.25. The van der Waals surface area contributed by atoms with Crippen LogP contribution in [0.25, 0.3) is 5.69 Å². The summed E-state index contributed by atoms with van der Waals surface area (Å²) in [7, 11) is 0. The maximum atomic E-state index is 5.83. The molecule has 5 rings (SSSR count). The van der Waals surface area contributed by atoms with Crippen LogP contribution in [0.1, 0.15) is 29.0 Å². The van der Waals surface area contributed by atoms with Gasteiger partial charge in [0.1, 0.15) is 6.04 Å². The van der Waals surface area contributed by atoms with E-state index < -0.39 is 0 Å². The molecule has 1 fully saturated rings. The van der Waals surface area contributed by atoms with Crippen LogP contribution in [-0.2, 0) is 0 Å². The van der Waals surface area contributed by atoms with Crippen molar-refractivity contribution in [3.8, 4) is 5.69 Å². The average Bonchev–Trinajstić information content (AvgIpc) is 3.39. The Hall–Kier alpha value is -3.44. The lowest BCUT2D eigenvalue weighted by molar-refractivity contribution is 0.549. The van der Waals surface area contributed by atoms with E-state index in [0.29, 0.717) is 5.11 Å². The van der Waals surface area contributed by atoms with Gasteiger partial charge in [-0.25, -0.2) is 0 Å². The zero-order valence-electron chi connectivity index (χ0n) is 16.6. The lowest BCUT2D eigenvalue weighted by Gasteiger charge is -2.29. The molecule has 148 valence electrons. The lowest BCUT2D eigenvalue weighted by Crippen LogP contribution is -2.30. The summed E-state index contributed by atoms with van der Waals surface area (Å²) in [4.78, 5) is 6.86. The van der Waals surface area contributed by atoms with Crippen LogP contribution in [0.5, 0.6) is 0 Å². The van der Waals surface area contributed by atoms with E-state index in [2.05, 4.69) is 99.6 Å². The van der Waals surface area contributed by atoms with Gasteiger partial charge in [-0.2, -0.15) is 0 Å². The smallest absolute Gasteiger partial charge is 0.174 e. The third-order valence-corrected chi connectivity index (χ3v) is 5.81. The number of para-hydroxylation sites is 1. The maximum Gasteiger partial charge on any atom is 0.174 e. The Kier molecular flexibility index (Phi) is 4.81. The van der Waals surface area contributed by atoms with Crippen LogP contribution in [0, 0.1) is 6.92 Å². The van der Waals surface area contributed by atoms with Gasteiger partial charge in [0.25, 0.3) is 0 Å². The molecule has 0 aliphatic carbocycles. The SMILES string of the molecule is Cc1cccc(N2C(=S)NC(c3ccccn3)C2c2cccn2-c2ccccc2)c1. The summed E-state index contributed by atoms with van der Waals surface area (Å²) in [6.07, 6.45) is 3.94. The van der Waals surface area contributed by atoms with Gasteiger partial charge in [0, 0.05) is 29.5 Å². The van der Waals surface area contributed by atoms with Crippen molar-refractivity contribution in [2.24, 2.45) is 0 Å². The monoisotopic (exact) mass is 410 g/mol. The van der Waals surface area contributed by atoms with Gasteiger partial charge in [-0.05, 0) is 73.2 Å². The fourth-order valence-corrected chi connectivity index (χ4v) is 4.52. The van der Waals surface area contributed by atoms with Crippen molar-refractivity contribution in [2.45, 2.75) is 19.0 Å². The minimum Gasteiger partial charge on any atom is -0.351 e. The van der Waals surface area contributed by atoms with Crippen molar-refractivity contribution in [3.05, 3.63) is 114 Å². The van der Waals surface area contributed by atoms with Gasteiger partial charge in [0.2, 0.25) is 0 Å². The first-order valence-electron chi connectivity index (χ1n) is 10.0. The van der Waals surface area contributed by atoms with E-state index in [4.69, 9.17) is 12.2 Å². The standard InChI is InChI=1S/C25H22N4S/c1-18-9-7-12-20(17-18)29-24(23(27-25(29)30)21-13-5-6-15-26-21)22-14-8-16-28(22)19-10-3-2-4-11-19/h2-17,23-24H,1H3,(H,27,30). The average molecular weight is 411 g/mol. The number of nitrogens with one attached hydrogen (secondary N) is 1. The second-order valence-corrected chi connectivity index (χ2v) is 7.86. The van der Waals surface area contributed by atoms with Crippen LogP contribution in [0.15, 0.2) is 97.3 Å². The molecule has 3 heterocycles. The van der Waals surface area contributed by atoms with Gasteiger partial charge >= 0.3 is 0 Å². The molecule has 0 bridgehead atoms. The molecule has 0 amide bonds. The van der Waals surface area contributed by atoms with Crippen LogP contribution in [0.2, 0.25) is 0 Å². The largest absolute Gasteiger partial charge is 0.351 e. The predicted octanol–water partition coefficient (Wildman–Crippen LogP) is 5.36. The van der Waals surface area contributed by atoms with Crippen LogP contribution in [-0.4, -0.2) is 14.7 Å². The molecule has 2 unspecified atom stereocenters. The second-order valence-electron chi connectivity index (χ2n) is 7.47.